The van der Waals surface area contributed by atoms with Crippen LogP contribution >= 0.6 is 11.3 Å². The fourth-order valence-electron chi connectivity index (χ4n) is 1.08. The third kappa shape index (κ3) is 3.94. The van der Waals surface area contributed by atoms with Crippen molar-refractivity contribution in [3.05, 3.63) is 27.1 Å². The third-order valence-corrected chi connectivity index (χ3v) is 2.88. The Morgan fingerprint density at radius 2 is 2.47 bits per heavy atom. The van der Waals surface area contributed by atoms with Gasteiger partial charge in [0, 0.05) is 31.1 Å². The first-order valence-corrected chi connectivity index (χ1v) is 5.54. The normalized spacial score (nSPS) is 12.7. The van der Waals surface area contributed by atoms with E-state index in [0.29, 0.717) is 13.1 Å². The minimum Gasteiger partial charge on any atom is -0.396 e. The summed E-state index contributed by atoms with van der Waals surface area (Å²) in [6.07, 6.45) is 0. The molecular formula is C9H14N2O3S. The van der Waals surface area contributed by atoms with Gasteiger partial charge in [0.05, 0.1) is 4.92 Å². The van der Waals surface area contributed by atoms with Crippen molar-refractivity contribution in [2.45, 2.75) is 13.5 Å². The first-order chi connectivity index (χ1) is 7.13. The van der Waals surface area contributed by atoms with Gasteiger partial charge in [-0.1, -0.05) is 18.3 Å². The highest BCUT2D eigenvalue weighted by Gasteiger charge is 2.09. The highest BCUT2D eigenvalue weighted by molar-refractivity contribution is 7.13. The van der Waals surface area contributed by atoms with E-state index in [1.165, 1.54) is 0 Å². The SMILES string of the molecule is CC(CO)CNCc1csc([N+](=O)[O-])c1. The molecule has 0 saturated heterocycles. The van der Waals surface area contributed by atoms with Gasteiger partial charge < -0.3 is 10.4 Å². The molecule has 0 aliphatic rings. The summed E-state index contributed by atoms with van der Waals surface area (Å²) < 4.78 is 0. The van der Waals surface area contributed by atoms with Gasteiger partial charge in [0.2, 0.25) is 0 Å². The summed E-state index contributed by atoms with van der Waals surface area (Å²) in [4.78, 5) is 10.0. The molecule has 0 saturated carbocycles. The lowest BCUT2D eigenvalue weighted by Crippen LogP contribution is -2.22. The van der Waals surface area contributed by atoms with Gasteiger partial charge in [-0.25, -0.2) is 0 Å². The van der Waals surface area contributed by atoms with E-state index in [2.05, 4.69) is 5.32 Å². The zero-order valence-corrected chi connectivity index (χ0v) is 9.29. The number of thiophene rings is 1. The van der Waals surface area contributed by atoms with Gasteiger partial charge in [-0.15, -0.1) is 0 Å². The van der Waals surface area contributed by atoms with Crippen molar-refractivity contribution in [1.29, 1.82) is 0 Å². The number of aliphatic hydroxyl groups excluding tert-OH is 1. The fourth-order valence-corrected chi connectivity index (χ4v) is 1.81. The van der Waals surface area contributed by atoms with Crippen LogP contribution in [0.4, 0.5) is 5.00 Å². The van der Waals surface area contributed by atoms with Crippen molar-refractivity contribution in [2.24, 2.45) is 5.92 Å². The largest absolute Gasteiger partial charge is 0.396 e. The highest BCUT2D eigenvalue weighted by Crippen LogP contribution is 2.22. The number of nitrogens with zero attached hydrogens (tertiary/aromatic N) is 1. The predicted molar refractivity (Wildman–Crippen MR) is 58.9 cm³/mol. The number of rotatable bonds is 6. The Morgan fingerprint density at radius 1 is 1.73 bits per heavy atom. The molecule has 5 nitrogen and oxygen atoms in total. The van der Waals surface area contributed by atoms with Crippen molar-refractivity contribution in [2.75, 3.05) is 13.2 Å². The summed E-state index contributed by atoms with van der Waals surface area (Å²) in [7, 11) is 0. The Kier molecular flexibility index (Phi) is 4.67. The summed E-state index contributed by atoms with van der Waals surface area (Å²) >= 11 is 1.13. The smallest absolute Gasteiger partial charge is 0.324 e. The van der Waals surface area contributed by atoms with E-state index in [9.17, 15) is 10.1 Å². The van der Waals surface area contributed by atoms with Gasteiger partial charge in [-0.05, 0) is 11.5 Å². The maximum atomic E-state index is 10.4. The second-order valence-electron chi connectivity index (χ2n) is 3.47. The summed E-state index contributed by atoms with van der Waals surface area (Å²) in [5.74, 6) is 0.207. The summed E-state index contributed by atoms with van der Waals surface area (Å²) in [6, 6.07) is 1.57. The Hall–Kier alpha value is -0.980. The monoisotopic (exact) mass is 230 g/mol. The molecule has 1 unspecified atom stereocenters. The van der Waals surface area contributed by atoms with Crippen LogP contribution in [-0.4, -0.2) is 23.2 Å². The number of hydrogen-bond acceptors (Lipinski definition) is 5. The molecular weight excluding hydrogens is 216 g/mol. The molecule has 1 atom stereocenters. The number of nitro groups is 1. The van der Waals surface area contributed by atoms with E-state index in [4.69, 9.17) is 5.11 Å². The lowest BCUT2D eigenvalue weighted by molar-refractivity contribution is -0.380. The summed E-state index contributed by atoms with van der Waals surface area (Å²) in [5.41, 5.74) is 0.914. The van der Waals surface area contributed by atoms with Gasteiger partial charge in [0.25, 0.3) is 0 Å². The molecule has 1 rings (SSSR count). The first-order valence-electron chi connectivity index (χ1n) is 4.67. The lowest BCUT2D eigenvalue weighted by atomic mass is 10.2. The van der Waals surface area contributed by atoms with Crippen LogP contribution in [0, 0.1) is 16.0 Å². The average Bonchev–Trinajstić information content (AvgIpc) is 2.66. The molecule has 0 aromatic carbocycles. The molecule has 2 N–H and O–H groups in total. The second kappa shape index (κ2) is 5.79. The molecule has 1 heterocycles. The van der Waals surface area contributed by atoms with Crippen molar-refractivity contribution >= 4 is 16.3 Å². The molecule has 0 aliphatic heterocycles. The van der Waals surface area contributed by atoms with Crippen LogP contribution in [0.3, 0.4) is 0 Å². The molecule has 0 radical (unpaired) electrons. The van der Waals surface area contributed by atoms with Gasteiger partial charge in [0.1, 0.15) is 0 Å². The van der Waals surface area contributed by atoms with Crippen LogP contribution in [-0.2, 0) is 6.54 Å². The number of nitrogens with one attached hydrogen (secondary N) is 1. The van der Waals surface area contributed by atoms with Crippen molar-refractivity contribution < 1.29 is 10.0 Å². The summed E-state index contributed by atoms with van der Waals surface area (Å²) in [6.45, 7) is 3.40. The van der Waals surface area contributed by atoms with Gasteiger partial charge >= 0.3 is 5.00 Å². The van der Waals surface area contributed by atoms with E-state index >= 15 is 0 Å². The van der Waals surface area contributed by atoms with Crippen molar-refractivity contribution in [3.63, 3.8) is 0 Å². The average molecular weight is 230 g/mol. The Bertz CT molecular complexity index is 327. The Labute approximate surface area is 91.9 Å². The molecule has 0 fully saturated rings. The predicted octanol–water partition coefficient (Wildman–Crippen LogP) is 1.37. The van der Waals surface area contributed by atoms with Gasteiger partial charge in [-0.3, -0.25) is 10.1 Å². The molecule has 0 aliphatic carbocycles. The molecule has 1 aromatic heterocycles. The topological polar surface area (TPSA) is 75.4 Å². The quantitative estimate of drug-likeness (QED) is 0.571. The van der Waals surface area contributed by atoms with E-state index in [0.717, 1.165) is 16.9 Å². The van der Waals surface area contributed by atoms with Crippen LogP contribution in [0.15, 0.2) is 11.4 Å². The molecule has 0 bridgehead atoms. The fraction of sp³-hybridized carbons (Fsp3) is 0.556. The Morgan fingerprint density at radius 3 is 3.00 bits per heavy atom. The van der Waals surface area contributed by atoms with Crippen LogP contribution in [0.2, 0.25) is 0 Å². The Balaban J connectivity index is 2.35. The number of aliphatic hydroxyl groups is 1. The molecule has 1 aromatic rings. The van der Waals surface area contributed by atoms with Crippen LogP contribution in [0.1, 0.15) is 12.5 Å². The first kappa shape index (κ1) is 12.1. The summed E-state index contributed by atoms with van der Waals surface area (Å²) in [5, 5.41) is 24.3. The molecule has 15 heavy (non-hydrogen) atoms. The highest BCUT2D eigenvalue weighted by atomic mass is 32.1. The maximum Gasteiger partial charge on any atom is 0.324 e. The minimum absolute atomic E-state index is 0.150. The zero-order chi connectivity index (χ0) is 11.3. The zero-order valence-electron chi connectivity index (χ0n) is 8.47. The van der Waals surface area contributed by atoms with E-state index in [-0.39, 0.29) is 22.4 Å². The molecule has 0 spiro atoms. The second-order valence-corrected chi connectivity index (χ2v) is 4.36. The van der Waals surface area contributed by atoms with Crippen LogP contribution < -0.4 is 5.32 Å². The molecule has 0 amide bonds. The van der Waals surface area contributed by atoms with Gasteiger partial charge in [0.15, 0.2) is 0 Å². The lowest BCUT2D eigenvalue weighted by Gasteiger charge is -2.07. The van der Waals surface area contributed by atoms with E-state index < -0.39 is 0 Å². The van der Waals surface area contributed by atoms with Crippen molar-refractivity contribution in [3.8, 4) is 0 Å². The maximum absolute atomic E-state index is 10.4. The van der Waals surface area contributed by atoms with Crippen LogP contribution in [0.25, 0.3) is 0 Å². The molecule has 6 heteroatoms. The number of hydrogen-bond donors (Lipinski definition) is 2. The van der Waals surface area contributed by atoms with E-state index in [1.807, 2.05) is 6.92 Å². The standard InChI is InChI=1S/C9H14N2O3S/c1-7(5-12)3-10-4-8-2-9(11(13)14)15-6-8/h2,6-7,10,12H,3-5H2,1H3. The van der Waals surface area contributed by atoms with E-state index in [1.54, 1.807) is 11.4 Å². The van der Waals surface area contributed by atoms with Crippen molar-refractivity contribution in [1.82, 2.24) is 5.32 Å². The minimum atomic E-state index is -0.384. The van der Waals surface area contributed by atoms with Crippen LogP contribution in [0.5, 0.6) is 0 Å². The molecule has 84 valence electrons. The third-order valence-electron chi connectivity index (χ3n) is 1.95. The van der Waals surface area contributed by atoms with Gasteiger partial charge in [-0.2, -0.15) is 0 Å².